The highest BCUT2D eigenvalue weighted by Crippen LogP contribution is 2.21. The number of rotatable bonds is 4. The molecule has 0 fully saturated rings. The van der Waals surface area contributed by atoms with Crippen LogP contribution in [-0.2, 0) is 6.61 Å². The minimum Gasteiger partial charge on any atom is -0.488 e. The summed E-state index contributed by atoms with van der Waals surface area (Å²) in [5.41, 5.74) is 1.93. The van der Waals surface area contributed by atoms with E-state index in [1.54, 1.807) is 6.08 Å². The van der Waals surface area contributed by atoms with E-state index in [1.807, 2.05) is 54.6 Å². The van der Waals surface area contributed by atoms with Crippen molar-refractivity contribution < 1.29 is 4.74 Å². The smallest absolute Gasteiger partial charge is 0.127 e. The second-order valence-corrected chi connectivity index (χ2v) is 4.35. The fourth-order valence-corrected chi connectivity index (χ4v) is 1.74. The van der Waals surface area contributed by atoms with Gasteiger partial charge in [-0.25, -0.2) is 0 Å². The number of hydrogen-bond acceptors (Lipinski definition) is 2. The maximum Gasteiger partial charge on any atom is 0.127 e. The molecule has 2 aromatic carbocycles. The molecule has 0 saturated heterocycles. The number of allylic oxidation sites excluding steroid dienone is 1. The molecule has 0 amide bonds. The Hall–Kier alpha value is -2.24. The molecule has 0 spiro atoms. The molecule has 0 unspecified atom stereocenters. The first-order valence-corrected chi connectivity index (χ1v) is 6.20. The second-order valence-electron chi connectivity index (χ2n) is 3.92. The van der Waals surface area contributed by atoms with Crippen molar-refractivity contribution in [2.75, 3.05) is 0 Å². The van der Waals surface area contributed by atoms with Gasteiger partial charge in [-0.05, 0) is 29.8 Å². The van der Waals surface area contributed by atoms with Crippen molar-refractivity contribution in [3.63, 3.8) is 0 Å². The van der Waals surface area contributed by atoms with Crippen molar-refractivity contribution in [3.05, 3.63) is 70.8 Å². The molecule has 2 rings (SSSR count). The standard InChI is InChI=1S/C16H12ClNO/c17-15-9-7-13(8-10-15)12-19-16-6-2-1-4-14(16)5-3-11-18/h1-10H,12H2. The number of nitriles is 1. The minimum absolute atomic E-state index is 0.467. The predicted octanol–water partition coefficient (Wildman–Crippen LogP) is 4.46. The third-order valence-corrected chi connectivity index (χ3v) is 2.82. The lowest BCUT2D eigenvalue weighted by Crippen LogP contribution is -1.96. The van der Waals surface area contributed by atoms with Gasteiger partial charge in [-0.2, -0.15) is 5.26 Å². The number of halogens is 1. The van der Waals surface area contributed by atoms with E-state index in [0.717, 1.165) is 16.9 Å². The molecule has 3 heteroatoms. The van der Waals surface area contributed by atoms with Crippen LogP contribution in [0.15, 0.2) is 54.6 Å². The third kappa shape index (κ3) is 3.87. The van der Waals surface area contributed by atoms with E-state index in [9.17, 15) is 0 Å². The van der Waals surface area contributed by atoms with Gasteiger partial charge in [-0.15, -0.1) is 0 Å². The van der Waals surface area contributed by atoms with Crippen molar-refractivity contribution in [2.24, 2.45) is 0 Å². The highest BCUT2D eigenvalue weighted by Gasteiger charge is 2.00. The maximum atomic E-state index is 8.56. The molecule has 0 aliphatic heterocycles. The van der Waals surface area contributed by atoms with E-state index in [-0.39, 0.29) is 0 Å². The molecule has 0 saturated carbocycles. The molecule has 0 aliphatic rings. The van der Waals surface area contributed by atoms with Crippen LogP contribution in [0.5, 0.6) is 5.75 Å². The van der Waals surface area contributed by atoms with E-state index in [4.69, 9.17) is 21.6 Å². The summed E-state index contributed by atoms with van der Waals surface area (Å²) in [5, 5.41) is 9.27. The fourth-order valence-electron chi connectivity index (χ4n) is 1.62. The number of hydrogen-bond donors (Lipinski definition) is 0. The number of nitrogens with zero attached hydrogens (tertiary/aromatic N) is 1. The Morgan fingerprint density at radius 3 is 2.58 bits per heavy atom. The number of benzene rings is 2. The van der Waals surface area contributed by atoms with Crippen LogP contribution in [0.4, 0.5) is 0 Å². The van der Waals surface area contributed by atoms with Crippen molar-refractivity contribution in [2.45, 2.75) is 6.61 Å². The topological polar surface area (TPSA) is 33.0 Å². The Labute approximate surface area is 117 Å². The normalized spacial score (nSPS) is 10.3. The summed E-state index contributed by atoms with van der Waals surface area (Å²) in [6.45, 7) is 0.467. The summed E-state index contributed by atoms with van der Waals surface area (Å²) in [5.74, 6) is 0.754. The van der Waals surface area contributed by atoms with Gasteiger partial charge in [0, 0.05) is 16.7 Å². The van der Waals surface area contributed by atoms with Gasteiger partial charge in [0.1, 0.15) is 12.4 Å². The number of ether oxygens (including phenoxy) is 1. The van der Waals surface area contributed by atoms with Gasteiger partial charge in [0.05, 0.1) is 6.07 Å². The van der Waals surface area contributed by atoms with Crippen LogP contribution < -0.4 is 4.74 Å². The second kappa shape index (κ2) is 6.63. The summed E-state index contributed by atoms with van der Waals surface area (Å²) in [6, 6.07) is 17.1. The lowest BCUT2D eigenvalue weighted by atomic mass is 10.2. The van der Waals surface area contributed by atoms with Gasteiger partial charge in [0.25, 0.3) is 0 Å². The van der Waals surface area contributed by atoms with Crippen molar-refractivity contribution in [1.82, 2.24) is 0 Å². The molecule has 19 heavy (non-hydrogen) atoms. The largest absolute Gasteiger partial charge is 0.488 e. The zero-order valence-corrected chi connectivity index (χ0v) is 11.0. The van der Waals surface area contributed by atoms with Gasteiger partial charge < -0.3 is 4.74 Å². The first-order valence-electron chi connectivity index (χ1n) is 5.82. The van der Waals surface area contributed by atoms with Crippen LogP contribution >= 0.6 is 11.6 Å². The lowest BCUT2D eigenvalue weighted by Gasteiger charge is -2.09. The zero-order chi connectivity index (χ0) is 13.5. The molecule has 0 heterocycles. The molecular weight excluding hydrogens is 258 g/mol. The first-order chi connectivity index (χ1) is 9.29. The van der Waals surface area contributed by atoms with Crippen LogP contribution in [0, 0.1) is 11.3 Å². The molecule has 0 N–H and O–H groups in total. The van der Waals surface area contributed by atoms with Crippen molar-refractivity contribution in [1.29, 1.82) is 5.26 Å². The van der Waals surface area contributed by atoms with Gasteiger partial charge in [0.2, 0.25) is 0 Å². The van der Waals surface area contributed by atoms with Crippen LogP contribution in [-0.4, -0.2) is 0 Å². The summed E-state index contributed by atoms with van der Waals surface area (Å²) in [4.78, 5) is 0. The summed E-state index contributed by atoms with van der Waals surface area (Å²) < 4.78 is 5.76. The van der Waals surface area contributed by atoms with E-state index >= 15 is 0 Å². The summed E-state index contributed by atoms with van der Waals surface area (Å²) in [7, 11) is 0. The Bertz CT molecular complexity index is 611. The van der Waals surface area contributed by atoms with Crippen LogP contribution in [0.3, 0.4) is 0 Å². The Morgan fingerprint density at radius 1 is 1.11 bits per heavy atom. The number of para-hydroxylation sites is 1. The molecule has 0 bridgehead atoms. The molecule has 0 radical (unpaired) electrons. The molecule has 0 atom stereocenters. The fraction of sp³-hybridized carbons (Fsp3) is 0.0625. The summed E-state index contributed by atoms with van der Waals surface area (Å²) >= 11 is 5.83. The van der Waals surface area contributed by atoms with E-state index < -0.39 is 0 Å². The van der Waals surface area contributed by atoms with Crippen molar-refractivity contribution >= 4 is 17.7 Å². The molecule has 2 aromatic rings. The van der Waals surface area contributed by atoms with E-state index in [2.05, 4.69) is 0 Å². The highest BCUT2D eigenvalue weighted by molar-refractivity contribution is 6.30. The Kier molecular flexibility index (Phi) is 4.60. The Morgan fingerprint density at radius 2 is 1.84 bits per heavy atom. The minimum atomic E-state index is 0.467. The van der Waals surface area contributed by atoms with Crippen LogP contribution in [0.25, 0.3) is 6.08 Å². The maximum absolute atomic E-state index is 8.56. The summed E-state index contributed by atoms with van der Waals surface area (Å²) in [6.07, 6.45) is 3.17. The SMILES string of the molecule is N#CC=Cc1ccccc1OCc1ccc(Cl)cc1. The van der Waals surface area contributed by atoms with Gasteiger partial charge in [-0.3, -0.25) is 0 Å². The lowest BCUT2D eigenvalue weighted by molar-refractivity contribution is 0.305. The van der Waals surface area contributed by atoms with Gasteiger partial charge in [0.15, 0.2) is 0 Å². The predicted molar refractivity (Wildman–Crippen MR) is 76.9 cm³/mol. The molecule has 94 valence electrons. The quantitative estimate of drug-likeness (QED) is 0.768. The van der Waals surface area contributed by atoms with E-state index in [1.165, 1.54) is 6.08 Å². The molecule has 2 nitrogen and oxygen atoms in total. The van der Waals surface area contributed by atoms with Crippen molar-refractivity contribution in [3.8, 4) is 11.8 Å². The molecular formula is C16H12ClNO. The molecule has 0 aliphatic carbocycles. The average Bonchev–Trinajstić information content (AvgIpc) is 2.45. The van der Waals surface area contributed by atoms with Gasteiger partial charge in [-0.1, -0.05) is 41.9 Å². The average molecular weight is 270 g/mol. The van der Waals surface area contributed by atoms with Crippen LogP contribution in [0.2, 0.25) is 5.02 Å². The first kappa shape index (κ1) is 13.2. The third-order valence-electron chi connectivity index (χ3n) is 2.56. The Balaban J connectivity index is 2.09. The monoisotopic (exact) mass is 269 g/mol. The molecule has 0 aromatic heterocycles. The zero-order valence-electron chi connectivity index (χ0n) is 10.2. The van der Waals surface area contributed by atoms with E-state index in [0.29, 0.717) is 11.6 Å². The van der Waals surface area contributed by atoms with Gasteiger partial charge >= 0.3 is 0 Å². The highest BCUT2D eigenvalue weighted by atomic mass is 35.5. The van der Waals surface area contributed by atoms with Crippen LogP contribution in [0.1, 0.15) is 11.1 Å².